The van der Waals surface area contributed by atoms with Crippen molar-refractivity contribution in [1.29, 1.82) is 0 Å². The highest BCUT2D eigenvalue weighted by Gasteiger charge is 2.15. The quantitative estimate of drug-likeness (QED) is 0.791. The predicted octanol–water partition coefficient (Wildman–Crippen LogP) is 3.63. The molecule has 0 aliphatic heterocycles. The molecule has 2 aromatic rings. The molecule has 0 unspecified atom stereocenters. The highest BCUT2D eigenvalue weighted by molar-refractivity contribution is 7.11. The molecule has 2 rings (SSSR count). The fourth-order valence-electron chi connectivity index (χ4n) is 1.71. The zero-order chi connectivity index (χ0) is 13.3. The molecule has 0 fully saturated rings. The minimum atomic E-state index is -0.424. The second-order valence-electron chi connectivity index (χ2n) is 4.29. The van der Waals surface area contributed by atoms with Gasteiger partial charge in [-0.05, 0) is 32.4 Å². The minimum absolute atomic E-state index is 0.153. The molecule has 0 atom stereocenters. The van der Waals surface area contributed by atoms with E-state index < -0.39 is 5.82 Å². The molecule has 0 bridgehead atoms. The van der Waals surface area contributed by atoms with Crippen LogP contribution in [0, 0.1) is 26.6 Å². The first-order valence-corrected chi connectivity index (χ1v) is 6.52. The monoisotopic (exact) mass is 263 g/mol. The number of benzene rings is 1. The Morgan fingerprint density at radius 3 is 2.67 bits per heavy atom. The summed E-state index contributed by atoms with van der Waals surface area (Å²) in [7, 11) is 0. The van der Waals surface area contributed by atoms with Gasteiger partial charge in [0.25, 0.3) is 0 Å². The fourth-order valence-corrected chi connectivity index (χ4v) is 2.64. The summed E-state index contributed by atoms with van der Waals surface area (Å²) in [6, 6.07) is 4.88. The molecule has 0 radical (unpaired) electrons. The summed E-state index contributed by atoms with van der Waals surface area (Å²) in [5, 5.41) is 0.746. The molecule has 1 aromatic carbocycles. The highest BCUT2D eigenvalue weighted by Crippen LogP contribution is 2.20. The maximum absolute atomic E-state index is 13.8. The molecular formula is C14H14FNOS. The summed E-state index contributed by atoms with van der Waals surface area (Å²) in [5.41, 5.74) is 1.58. The number of hydrogen-bond acceptors (Lipinski definition) is 3. The van der Waals surface area contributed by atoms with Crippen LogP contribution in [0.3, 0.4) is 0 Å². The van der Waals surface area contributed by atoms with E-state index >= 15 is 0 Å². The van der Waals surface area contributed by atoms with E-state index in [2.05, 4.69) is 4.98 Å². The van der Waals surface area contributed by atoms with Crippen molar-refractivity contribution < 1.29 is 9.18 Å². The number of ketones is 1. The molecule has 18 heavy (non-hydrogen) atoms. The topological polar surface area (TPSA) is 30.0 Å². The second kappa shape index (κ2) is 4.98. The van der Waals surface area contributed by atoms with Gasteiger partial charge in [0.2, 0.25) is 0 Å². The lowest BCUT2D eigenvalue weighted by molar-refractivity contribution is 0.0989. The largest absolute Gasteiger partial charge is 0.294 e. The van der Waals surface area contributed by atoms with Crippen LogP contribution in [0.4, 0.5) is 4.39 Å². The number of aryl methyl sites for hydroxylation is 3. The Kier molecular flexibility index (Phi) is 3.57. The summed E-state index contributed by atoms with van der Waals surface area (Å²) in [5.74, 6) is -0.641. The second-order valence-corrected chi connectivity index (χ2v) is 5.57. The lowest BCUT2D eigenvalue weighted by Gasteiger charge is -2.03. The number of carbonyl (C=O) groups is 1. The molecule has 1 heterocycles. The first-order chi connectivity index (χ1) is 8.49. The Morgan fingerprint density at radius 2 is 2.06 bits per heavy atom. The molecule has 0 aliphatic carbocycles. The number of halogens is 1. The van der Waals surface area contributed by atoms with Gasteiger partial charge >= 0.3 is 0 Å². The Hall–Kier alpha value is -1.55. The van der Waals surface area contributed by atoms with Crippen LogP contribution in [0.15, 0.2) is 18.2 Å². The van der Waals surface area contributed by atoms with Gasteiger partial charge in [-0.3, -0.25) is 4.79 Å². The number of Topliss-reactive ketones (excluding diaryl/α,β-unsaturated/α-hetero) is 1. The van der Waals surface area contributed by atoms with Gasteiger partial charge in [-0.25, -0.2) is 9.37 Å². The predicted molar refractivity (Wildman–Crippen MR) is 70.8 cm³/mol. The van der Waals surface area contributed by atoms with Gasteiger partial charge in [0.05, 0.1) is 17.7 Å². The Labute approximate surface area is 110 Å². The number of carbonyl (C=O) groups excluding carboxylic acids is 1. The number of nitrogens with zero attached hydrogens (tertiary/aromatic N) is 1. The van der Waals surface area contributed by atoms with Crippen molar-refractivity contribution in [2.75, 3.05) is 0 Å². The van der Waals surface area contributed by atoms with E-state index in [1.165, 1.54) is 17.4 Å². The average Bonchev–Trinajstić information content (AvgIpc) is 2.61. The third-order valence-electron chi connectivity index (χ3n) is 2.88. The van der Waals surface area contributed by atoms with Gasteiger partial charge in [-0.1, -0.05) is 12.1 Å². The van der Waals surface area contributed by atoms with Crippen LogP contribution in [0.2, 0.25) is 0 Å². The summed E-state index contributed by atoms with van der Waals surface area (Å²) >= 11 is 1.49. The molecule has 4 heteroatoms. The Balaban J connectivity index is 2.24. The summed E-state index contributed by atoms with van der Waals surface area (Å²) in [6.45, 7) is 5.53. The van der Waals surface area contributed by atoms with E-state index in [0.29, 0.717) is 5.56 Å². The van der Waals surface area contributed by atoms with Crippen molar-refractivity contribution >= 4 is 17.1 Å². The lowest BCUT2D eigenvalue weighted by atomic mass is 10.1. The van der Waals surface area contributed by atoms with Crippen molar-refractivity contribution in [3.05, 3.63) is 50.7 Å². The van der Waals surface area contributed by atoms with Gasteiger partial charge in [-0.15, -0.1) is 11.3 Å². The third kappa shape index (κ3) is 2.48. The molecule has 94 valence electrons. The van der Waals surface area contributed by atoms with E-state index in [9.17, 15) is 9.18 Å². The van der Waals surface area contributed by atoms with Crippen molar-refractivity contribution in [3.63, 3.8) is 0 Å². The zero-order valence-electron chi connectivity index (χ0n) is 10.6. The van der Waals surface area contributed by atoms with Crippen molar-refractivity contribution in [2.24, 2.45) is 0 Å². The molecule has 0 N–H and O–H groups in total. The van der Waals surface area contributed by atoms with Crippen LogP contribution in [0.5, 0.6) is 0 Å². The van der Waals surface area contributed by atoms with Crippen LogP contribution in [-0.4, -0.2) is 10.8 Å². The number of rotatable bonds is 3. The van der Waals surface area contributed by atoms with Gasteiger partial charge in [-0.2, -0.15) is 0 Å². The number of thiazole rings is 1. The van der Waals surface area contributed by atoms with E-state index in [-0.39, 0.29) is 17.8 Å². The molecule has 2 nitrogen and oxygen atoms in total. The highest BCUT2D eigenvalue weighted by atomic mass is 32.1. The smallest absolute Gasteiger partial charge is 0.172 e. The fraction of sp³-hybridized carbons (Fsp3) is 0.286. The van der Waals surface area contributed by atoms with Gasteiger partial charge in [0.1, 0.15) is 10.8 Å². The first kappa shape index (κ1) is 12.9. The molecule has 0 saturated carbocycles. The molecule has 1 aromatic heterocycles. The summed E-state index contributed by atoms with van der Waals surface area (Å²) in [4.78, 5) is 17.4. The Morgan fingerprint density at radius 1 is 1.33 bits per heavy atom. The maximum atomic E-state index is 13.8. The minimum Gasteiger partial charge on any atom is -0.294 e. The SMILES string of the molecule is Cc1cccc(C(=O)Cc2nc(C)c(C)s2)c1F. The van der Waals surface area contributed by atoms with Crippen molar-refractivity contribution in [2.45, 2.75) is 27.2 Å². The molecule has 0 amide bonds. The number of hydrogen-bond donors (Lipinski definition) is 0. The third-order valence-corrected chi connectivity index (χ3v) is 3.95. The van der Waals surface area contributed by atoms with Crippen molar-refractivity contribution in [1.82, 2.24) is 4.98 Å². The van der Waals surface area contributed by atoms with Crippen LogP contribution in [-0.2, 0) is 6.42 Å². The summed E-state index contributed by atoms with van der Waals surface area (Å²) in [6.07, 6.45) is 0.166. The van der Waals surface area contributed by atoms with Crippen molar-refractivity contribution in [3.8, 4) is 0 Å². The van der Waals surface area contributed by atoms with E-state index in [4.69, 9.17) is 0 Å². The Bertz CT molecular complexity index is 584. The van der Waals surface area contributed by atoms with Gasteiger partial charge in [0, 0.05) is 4.88 Å². The molecular weight excluding hydrogens is 249 g/mol. The maximum Gasteiger partial charge on any atom is 0.172 e. The molecule has 0 saturated heterocycles. The molecule has 0 spiro atoms. The van der Waals surface area contributed by atoms with Gasteiger partial charge < -0.3 is 0 Å². The van der Waals surface area contributed by atoms with E-state index in [1.54, 1.807) is 19.1 Å². The van der Waals surface area contributed by atoms with Crippen LogP contribution < -0.4 is 0 Å². The lowest BCUT2D eigenvalue weighted by Crippen LogP contribution is -2.07. The first-order valence-electron chi connectivity index (χ1n) is 5.70. The van der Waals surface area contributed by atoms with Gasteiger partial charge in [0.15, 0.2) is 5.78 Å². The van der Waals surface area contributed by atoms with Crippen LogP contribution in [0.1, 0.15) is 31.5 Å². The summed E-state index contributed by atoms with van der Waals surface area (Å²) < 4.78 is 13.8. The van der Waals surface area contributed by atoms with Crippen LogP contribution in [0.25, 0.3) is 0 Å². The zero-order valence-corrected chi connectivity index (χ0v) is 11.4. The standard InChI is InChI=1S/C14H14FNOS/c1-8-5-4-6-11(14(8)15)12(17)7-13-16-9(2)10(3)18-13/h4-6H,7H2,1-3H3. The molecule has 0 aliphatic rings. The van der Waals surface area contributed by atoms with E-state index in [1.807, 2.05) is 13.8 Å². The normalized spacial score (nSPS) is 10.7. The van der Waals surface area contributed by atoms with E-state index in [0.717, 1.165) is 15.6 Å². The number of aromatic nitrogens is 1. The average molecular weight is 263 g/mol. The van der Waals surface area contributed by atoms with Crippen LogP contribution >= 0.6 is 11.3 Å².